The summed E-state index contributed by atoms with van der Waals surface area (Å²) in [5.41, 5.74) is 9.01. The molecule has 1 aliphatic rings. The van der Waals surface area contributed by atoms with Crippen molar-refractivity contribution < 1.29 is 14.6 Å². The van der Waals surface area contributed by atoms with Crippen molar-refractivity contribution in [3.63, 3.8) is 0 Å². The summed E-state index contributed by atoms with van der Waals surface area (Å²) < 4.78 is 5.29. The molecule has 1 unspecified atom stereocenters. The number of benzene rings is 1. The maximum absolute atomic E-state index is 10.9. The van der Waals surface area contributed by atoms with Crippen LogP contribution in [0.15, 0.2) is 18.2 Å². The zero-order chi connectivity index (χ0) is 13.3. The molecule has 1 aliphatic heterocycles. The number of hydrogen-bond donors (Lipinski definition) is 2. The molecule has 0 radical (unpaired) electrons. The molecule has 0 aliphatic carbocycles. The largest absolute Gasteiger partial charge is 0.480 e. The fourth-order valence-electron chi connectivity index (χ4n) is 2.33. The van der Waals surface area contributed by atoms with Crippen LogP contribution in [0.25, 0.3) is 0 Å². The Bertz CT molecular complexity index is 466. The van der Waals surface area contributed by atoms with Crippen molar-refractivity contribution in [2.24, 2.45) is 5.73 Å². The zero-order valence-corrected chi connectivity index (χ0v) is 10.8. The minimum Gasteiger partial charge on any atom is -0.480 e. The van der Waals surface area contributed by atoms with Gasteiger partial charge in [-0.1, -0.05) is 18.2 Å². The highest BCUT2D eigenvalue weighted by atomic mass is 16.5. The van der Waals surface area contributed by atoms with Crippen LogP contribution in [0.2, 0.25) is 0 Å². The predicted molar refractivity (Wildman–Crippen MR) is 68.6 cm³/mol. The highest BCUT2D eigenvalue weighted by molar-refractivity contribution is 5.73. The molecule has 2 rings (SSSR count). The first kappa shape index (κ1) is 13.1. The molecule has 0 amide bonds. The van der Waals surface area contributed by atoms with Gasteiger partial charge in [0.05, 0.1) is 13.2 Å². The zero-order valence-electron chi connectivity index (χ0n) is 10.8. The lowest BCUT2D eigenvalue weighted by molar-refractivity contribution is -0.141. The van der Waals surface area contributed by atoms with E-state index in [1.807, 2.05) is 0 Å². The highest BCUT2D eigenvalue weighted by Crippen LogP contribution is 2.37. The van der Waals surface area contributed by atoms with Gasteiger partial charge in [-0.25, -0.2) is 0 Å². The molecule has 1 fully saturated rings. The fourth-order valence-corrected chi connectivity index (χ4v) is 2.33. The van der Waals surface area contributed by atoms with Crippen molar-refractivity contribution in [2.45, 2.75) is 31.7 Å². The SMILES string of the molecule is Cc1ccc(C2(CC(N)C(=O)O)COC2)cc1C. The van der Waals surface area contributed by atoms with Gasteiger partial charge >= 0.3 is 5.97 Å². The van der Waals surface area contributed by atoms with E-state index in [-0.39, 0.29) is 5.41 Å². The lowest BCUT2D eigenvalue weighted by atomic mass is 9.73. The molecular formula is C14H19NO3. The van der Waals surface area contributed by atoms with Crippen LogP contribution in [-0.2, 0) is 14.9 Å². The van der Waals surface area contributed by atoms with Gasteiger partial charge in [-0.2, -0.15) is 0 Å². The normalized spacial score (nSPS) is 19.1. The van der Waals surface area contributed by atoms with Crippen LogP contribution in [0, 0.1) is 13.8 Å². The van der Waals surface area contributed by atoms with Crippen LogP contribution in [0.1, 0.15) is 23.1 Å². The van der Waals surface area contributed by atoms with Gasteiger partial charge in [0.15, 0.2) is 0 Å². The molecule has 18 heavy (non-hydrogen) atoms. The van der Waals surface area contributed by atoms with Crippen molar-refractivity contribution in [2.75, 3.05) is 13.2 Å². The van der Waals surface area contributed by atoms with Crippen molar-refractivity contribution in [3.8, 4) is 0 Å². The molecule has 0 spiro atoms. The van der Waals surface area contributed by atoms with Gasteiger partial charge in [0.25, 0.3) is 0 Å². The molecule has 0 saturated carbocycles. The Balaban J connectivity index is 2.26. The fraction of sp³-hybridized carbons (Fsp3) is 0.500. The van der Waals surface area contributed by atoms with Gasteiger partial charge in [0, 0.05) is 5.41 Å². The average molecular weight is 249 g/mol. The number of carbonyl (C=O) groups is 1. The van der Waals surface area contributed by atoms with Gasteiger partial charge in [0.1, 0.15) is 6.04 Å². The molecular weight excluding hydrogens is 230 g/mol. The number of nitrogens with two attached hydrogens (primary N) is 1. The molecule has 4 heteroatoms. The molecule has 4 nitrogen and oxygen atoms in total. The van der Waals surface area contributed by atoms with Crippen molar-refractivity contribution >= 4 is 5.97 Å². The van der Waals surface area contributed by atoms with Crippen LogP contribution in [0.5, 0.6) is 0 Å². The molecule has 98 valence electrons. The molecule has 0 aromatic heterocycles. The van der Waals surface area contributed by atoms with Crippen LogP contribution in [0.4, 0.5) is 0 Å². The lowest BCUT2D eigenvalue weighted by Gasteiger charge is -2.43. The van der Waals surface area contributed by atoms with Gasteiger partial charge in [-0.15, -0.1) is 0 Å². The van der Waals surface area contributed by atoms with E-state index in [2.05, 4.69) is 32.0 Å². The summed E-state index contributed by atoms with van der Waals surface area (Å²) in [6, 6.07) is 5.40. The second-order valence-electron chi connectivity index (χ2n) is 5.22. The summed E-state index contributed by atoms with van der Waals surface area (Å²) in [6.45, 7) is 5.22. The summed E-state index contributed by atoms with van der Waals surface area (Å²) in [5.74, 6) is -0.954. The summed E-state index contributed by atoms with van der Waals surface area (Å²) in [7, 11) is 0. The summed E-state index contributed by atoms with van der Waals surface area (Å²) in [5, 5.41) is 8.94. The summed E-state index contributed by atoms with van der Waals surface area (Å²) in [6.07, 6.45) is 0.421. The molecule has 1 aromatic carbocycles. The second kappa shape index (κ2) is 4.71. The number of carboxylic acid groups (broad SMARTS) is 1. The third-order valence-corrected chi connectivity index (χ3v) is 3.80. The smallest absolute Gasteiger partial charge is 0.320 e. The number of hydrogen-bond acceptors (Lipinski definition) is 3. The highest BCUT2D eigenvalue weighted by Gasteiger charge is 2.42. The lowest BCUT2D eigenvalue weighted by Crippen LogP contribution is -2.51. The van der Waals surface area contributed by atoms with Crippen molar-refractivity contribution in [3.05, 3.63) is 34.9 Å². The molecule has 1 saturated heterocycles. The number of aliphatic carboxylic acids is 1. The number of carboxylic acids is 1. The number of aryl methyl sites for hydroxylation is 2. The Hall–Kier alpha value is -1.39. The molecule has 1 aromatic rings. The van der Waals surface area contributed by atoms with E-state index in [1.165, 1.54) is 11.1 Å². The van der Waals surface area contributed by atoms with Crippen molar-refractivity contribution in [1.82, 2.24) is 0 Å². The second-order valence-corrected chi connectivity index (χ2v) is 5.22. The quantitative estimate of drug-likeness (QED) is 0.845. The van der Waals surface area contributed by atoms with Crippen LogP contribution >= 0.6 is 0 Å². The Morgan fingerprint density at radius 3 is 2.56 bits per heavy atom. The topological polar surface area (TPSA) is 72.6 Å². The Kier molecular flexibility index (Phi) is 3.41. The minimum atomic E-state index is -0.954. The predicted octanol–water partition coefficient (Wildman–Crippen LogP) is 1.37. The standard InChI is InChI=1S/C14H19NO3/c1-9-3-4-11(5-10(9)2)14(7-18-8-14)6-12(15)13(16)17/h3-5,12H,6-8,15H2,1-2H3,(H,16,17). The Morgan fingerprint density at radius 1 is 1.44 bits per heavy atom. The van der Waals surface area contributed by atoms with Crippen LogP contribution in [0.3, 0.4) is 0 Å². The minimum absolute atomic E-state index is 0.226. The third kappa shape index (κ3) is 2.26. The van der Waals surface area contributed by atoms with E-state index in [4.69, 9.17) is 15.6 Å². The molecule has 3 N–H and O–H groups in total. The van der Waals surface area contributed by atoms with Crippen LogP contribution in [-0.4, -0.2) is 30.3 Å². The Morgan fingerprint density at radius 2 is 2.11 bits per heavy atom. The first-order valence-corrected chi connectivity index (χ1v) is 6.08. The van der Waals surface area contributed by atoms with E-state index in [0.29, 0.717) is 19.6 Å². The first-order valence-electron chi connectivity index (χ1n) is 6.08. The van der Waals surface area contributed by atoms with E-state index in [1.54, 1.807) is 0 Å². The maximum atomic E-state index is 10.9. The van der Waals surface area contributed by atoms with E-state index < -0.39 is 12.0 Å². The van der Waals surface area contributed by atoms with E-state index in [9.17, 15) is 4.79 Å². The van der Waals surface area contributed by atoms with Gasteiger partial charge in [-0.3, -0.25) is 4.79 Å². The number of rotatable bonds is 4. The molecule has 1 heterocycles. The van der Waals surface area contributed by atoms with Crippen molar-refractivity contribution in [1.29, 1.82) is 0 Å². The Labute approximate surface area is 107 Å². The monoisotopic (exact) mass is 249 g/mol. The third-order valence-electron chi connectivity index (χ3n) is 3.80. The van der Waals surface area contributed by atoms with Crippen LogP contribution < -0.4 is 5.73 Å². The summed E-state index contributed by atoms with van der Waals surface area (Å²) in [4.78, 5) is 10.9. The van der Waals surface area contributed by atoms with Gasteiger partial charge < -0.3 is 15.6 Å². The first-order chi connectivity index (χ1) is 8.44. The maximum Gasteiger partial charge on any atom is 0.320 e. The number of ether oxygens (including phenoxy) is 1. The summed E-state index contributed by atoms with van der Waals surface area (Å²) >= 11 is 0. The molecule has 0 bridgehead atoms. The molecule has 1 atom stereocenters. The van der Waals surface area contributed by atoms with Gasteiger partial charge in [-0.05, 0) is 37.0 Å². The average Bonchev–Trinajstić information content (AvgIpc) is 2.27. The van der Waals surface area contributed by atoms with Gasteiger partial charge in [0.2, 0.25) is 0 Å². The van der Waals surface area contributed by atoms with E-state index >= 15 is 0 Å². The van der Waals surface area contributed by atoms with E-state index in [0.717, 1.165) is 5.56 Å².